The third kappa shape index (κ3) is 6.75. The molecule has 1 aromatic carbocycles. The molecule has 0 aliphatic carbocycles. The average Bonchev–Trinajstić information content (AvgIpc) is 3.17. The van der Waals surface area contributed by atoms with Crippen LogP contribution in [0.1, 0.15) is 19.4 Å². The van der Waals surface area contributed by atoms with Crippen molar-refractivity contribution in [2.45, 2.75) is 50.5 Å². The van der Waals surface area contributed by atoms with Crippen LogP contribution < -0.4 is 21.7 Å². The third-order valence-electron chi connectivity index (χ3n) is 5.06. The first kappa shape index (κ1) is 25.8. The Morgan fingerprint density at radius 1 is 1.03 bits per heavy atom. The molecule has 0 aliphatic rings. The number of aliphatic hydroxyl groups excluding tert-OH is 2. The Balaban J connectivity index is 2.02. The number of fused-ring (bicyclic) bond motifs is 1. The second-order valence-corrected chi connectivity index (χ2v) is 7.71. The number of benzene rings is 1. The first-order valence-corrected chi connectivity index (χ1v) is 10.3. The van der Waals surface area contributed by atoms with Crippen LogP contribution in [0.4, 0.5) is 0 Å². The van der Waals surface area contributed by atoms with Crippen LogP contribution in [0.25, 0.3) is 10.9 Å². The molecule has 5 unspecified atom stereocenters. The number of nitrogens with two attached hydrogens (primary N) is 1. The van der Waals surface area contributed by atoms with E-state index in [1.807, 2.05) is 24.3 Å². The van der Waals surface area contributed by atoms with Gasteiger partial charge in [-0.15, -0.1) is 0 Å². The van der Waals surface area contributed by atoms with E-state index in [0.29, 0.717) is 0 Å². The first-order valence-electron chi connectivity index (χ1n) is 10.3. The molecule has 0 saturated heterocycles. The lowest BCUT2D eigenvalue weighted by Gasteiger charge is -2.25. The molecule has 12 heteroatoms. The van der Waals surface area contributed by atoms with Gasteiger partial charge in [0.25, 0.3) is 0 Å². The number of H-pyrrole nitrogens is 1. The number of nitrogens with one attached hydrogen (secondary N) is 4. The zero-order valence-electron chi connectivity index (χ0n) is 18.2. The fourth-order valence-electron chi connectivity index (χ4n) is 3.13. The molecule has 180 valence electrons. The molecule has 2 rings (SSSR count). The van der Waals surface area contributed by atoms with Gasteiger partial charge in [-0.2, -0.15) is 0 Å². The SMILES string of the molecule is CC(NC(=O)C(CO)NC(=O)C(NC(=O)C(N)Cc1c[nH]c2ccccc12)C(C)O)C(=O)O. The maximum absolute atomic E-state index is 12.6. The summed E-state index contributed by atoms with van der Waals surface area (Å²) in [7, 11) is 0. The predicted octanol–water partition coefficient (Wildman–Crippen LogP) is -2.03. The number of aromatic amines is 1. The standard InChI is InChI=1S/C21H29N5O7/c1-10(21(32)33)24-19(30)16(9-27)25-20(31)17(11(2)28)26-18(29)14(22)7-12-8-23-15-6-4-3-5-13(12)15/h3-6,8,10-11,14,16-17,23,27-28H,7,9,22H2,1-2H3,(H,24,30)(H,25,31)(H,26,29)(H,32,33). The van der Waals surface area contributed by atoms with Gasteiger partial charge in [0, 0.05) is 17.1 Å². The van der Waals surface area contributed by atoms with Gasteiger partial charge in [0.15, 0.2) is 0 Å². The summed E-state index contributed by atoms with van der Waals surface area (Å²) >= 11 is 0. The molecule has 3 amide bonds. The van der Waals surface area contributed by atoms with E-state index in [1.165, 1.54) is 13.8 Å². The van der Waals surface area contributed by atoms with Crippen LogP contribution in [0.5, 0.6) is 0 Å². The molecule has 0 spiro atoms. The Bertz CT molecular complexity index is 1010. The number of carbonyl (C=O) groups is 4. The van der Waals surface area contributed by atoms with E-state index in [9.17, 15) is 29.4 Å². The van der Waals surface area contributed by atoms with Crippen molar-refractivity contribution >= 4 is 34.6 Å². The summed E-state index contributed by atoms with van der Waals surface area (Å²) in [5.74, 6) is -3.89. The summed E-state index contributed by atoms with van der Waals surface area (Å²) in [6.45, 7) is 1.64. The molecule has 0 fully saturated rings. The van der Waals surface area contributed by atoms with Gasteiger partial charge in [-0.1, -0.05) is 18.2 Å². The van der Waals surface area contributed by atoms with Crippen LogP contribution in [-0.4, -0.2) is 80.9 Å². The van der Waals surface area contributed by atoms with E-state index < -0.39 is 60.6 Å². The maximum Gasteiger partial charge on any atom is 0.325 e. The minimum atomic E-state index is -1.49. The summed E-state index contributed by atoms with van der Waals surface area (Å²) in [6, 6.07) is 2.23. The van der Waals surface area contributed by atoms with Gasteiger partial charge < -0.3 is 42.0 Å². The van der Waals surface area contributed by atoms with E-state index in [-0.39, 0.29) is 6.42 Å². The summed E-state index contributed by atoms with van der Waals surface area (Å²) in [6.07, 6.45) is 0.549. The summed E-state index contributed by atoms with van der Waals surface area (Å²) in [5.41, 5.74) is 7.69. The smallest absolute Gasteiger partial charge is 0.325 e. The molecule has 0 saturated carbocycles. The molecule has 0 aliphatic heterocycles. The van der Waals surface area contributed by atoms with Crippen molar-refractivity contribution in [2.24, 2.45) is 5.73 Å². The van der Waals surface area contributed by atoms with E-state index in [1.54, 1.807) is 6.20 Å². The summed E-state index contributed by atoms with van der Waals surface area (Å²) < 4.78 is 0. The highest BCUT2D eigenvalue weighted by atomic mass is 16.4. The molecule has 0 radical (unpaired) electrons. The Hall–Kier alpha value is -3.48. The van der Waals surface area contributed by atoms with Gasteiger partial charge in [0.1, 0.15) is 18.1 Å². The van der Waals surface area contributed by atoms with E-state index in [4.69, 9.17) is 10.8 Å². The highest BCUT2D eigenvalue weighted by Crippen LogP contribution is 2.18. The fourth-order valence-corrected chi connectivity index (χ4v) is 3.13. The maximum atomic E-state index is 12.6. The monoisotopic (exact) mass is 463 g/mol. The number of carboxylic acids is 1. The highest BCUT2D eigenvalue weighted by molar-refractivity contribution is 5.94. The number of hydrogen-bond acceptors (Lipinski definition) is 7. The summed E-state index contributed by atoms with van der Waals surface area (Å²) in [4.78, 5) is 51.3. The Kier molecular flexibility index (Phi) is 8.91. The predicted molar refractivity (Wildman–Crippen MR) is 118 cm³/mol. The highest BCUT2D eigenvalue weighted by Gasteiger charge is 2.31. The molecule has 1 heterocycles. The average molecular weight is 463 g/mol. The van der Waals surface area contributed by atoms with Crippen molar-refractivity contribution in [3.8, 4) is 0 Å². The zero-order valence-corrected chi connectivity index (χ0v) is 18.2. The van der Waals surface area contributed by atoms with Gasteiger partial charge in [-0.25, -0.2) is 0 Å². The van der Waals surface area contributed by atoms with E-state index in [2.05, 4.69) is 20.9 Å². The van der Waals surface area contributed by atoms with Gasteiger partial charge in [0.2, 0.25) is 17.7 Å². The van der Waals surface area contributed by atoms with Crippen molar-refractivity contribution in [1.82, 2.24) is 20.9 Å². The quantitative estimate of drug-likeness (QED) is 0.186. The molecular weight excluding hydrogens is 434 g/mol. The Morgan fingerprint density at radius 3 is 2.30 bits per heavy atom. The second-order valence-electron chi connectivity index (χ2n) is 7.71. The number of carbonyl (C=O) groups excluding carboxylic acids is 3. The van der Waals surface area contributed by atoms with Crippen molar-refractivity contribution in [2.75, 3.05) is 6.61 Å². The van der Waals surface area contributed by atoms with Gasteiger partial charge in [-0.05, 0) is 31.9 Å². The van der Waals surface area contributed by atoms with Crippen LogP contribution in [0.15, 0.2) is 30.5 Å². The van der Waals surface area contributed by atoms with Crippen LogP contribution in [0.3, 0.4) is 0 Å². The van der Waals surface area contributed by atoms with Crippen molar-refractivity contribution in [3.05, 3.63) is 36.0 Å². The van der Waals surface area contributed by atoms with E-state index in [0.717, 1.165) is 16.5 Å². The first-order chi connectivity index (χ1) is 15.5. The second kappa shape index (κ2) is 11.4. The number of carboxylic acid groups (broad SMARTS) is 1. The molecule has 12 nitrogen and oxygen atoms in total. The van der Waals surface area contributed by atoms with Gasteiger partial charge in [0.05, 0.1) is 18.8 Å². The van der Waals surface area contributed by atoms with Crippen LogP contribution in [-0.2, 0) is 25.6 Å². The number of amides is 3. The zero-order chi connectivity index (χ0) is 24.7. The lowest BCUT2D eigenvalue weighted by Crippen LogP contribution is -2.60. The fraction of sp³-hybridized carbons (Fsp3) is 0.429. The number of rotatable bonds is 11. The molecule has 2 aromatic rings. The van der Waals surface area contributed by atoms with E-state index >= 15 is 0 Å². The molecule has 5 atom stereocenters. The largest absolute Gasteiger partial charge is 0.480 e. The van der Waals surface area contributed by atoms with Crippen molar-refractivity contribution in [3.63, 3.8) is 0 Å². The molecular formula is C21H29N5O7. The lowest BCUT2D eigenvalue weighted by atomic mass is 10.0. The number of aliphatic hydroxyl groups is 2. The Morgan fingerprint density at radius 2 is 1.70 bits per heavy atom. The number of hydrogen-bond donors (Lipinski definition) is 8. The molecule has 33 heavy (non-hydrogen) atoms. The lowest BCUT2D eigenvalue weighted by molar-refractivity contribution is -0.142. The Labute approximate surface area is 189 Å². The van der Waals surface area contributed by atoms with Gasteiger partial charge in [-0.3, -0.25) is 19.2 Å². The van der Waals surface area contributed by atoms with Gasteiger partial charge >= 0.3 is 5.97 Å². The normalized spacial score (nSPS) is 15.7. The summed E-state index contributed by atoms with van der Waals surface area (Å²) in [5, 5.41) is 35.9. The molecule has 1 aromatic heterocycles. The topological polar surface area (TPSA) is 207 Å². The van der Waals surface area contributed by atoms with Crippen molar-refractivity contribution < 1.29 is 34.5 Å². The number of aliphatic carboxylic acids is 1. The third-order valence-corrected chi connectivity index (χ3v) is 5.06. The molecule has 0 bridgehead atoms. The number of para-hydroxylation sites is 1. The minimum absolute atomic E-state index is 0.165. The minimum Gasteiger partial charge on any atom is -0.480 e. The van der Waals surface area contributed by atoms with Crippen LogP contribution in [0, 0.1) is 0 Å². The molecule has 9 N–H and O–H groups in total. The van der Waals surface area contributed by atoms with Crippen molar-refractivity contribution in [1.29, 1.82) is 0 Å². The number of aromatic nitrogens is 1. The van der Waals surface area contributed by atoms with Crippen LogP contribution >= 0.6 is 0 Å². The van der Waals surface area contributed by atoms with Crippen LogP contribution in [0.2, 0.25) is 0 Å².